The number of nitrogens with zero attached hydrogens (tertiary/aromatic N) is 1. The van der Waals surface area contributed by atoms with E-state index in [-0.39, 0.29) is 12.7 Å². The van der Waals surface area contributed by atoms with Crippen molar-refractivity contribution in [2.24, 2.45) is 23.7 Å². The number of fused-ring (bicyclic) bond motifs is 1. The largest absolute Gasteiger partial charge is 0.480 e. The van der Waals surface area contributed by atoms with Crippen LogP contribution in [0.2, 0.25) is 0 Å². The second-order valence-corrected chi connectivity index (χ2v) is 8.65. The summed E-state index contributed by atoms with van der Waals surface area (Å²) < 4.78 is 0. The van der Waals surface area contributed by atoms with Crippen molar-refractivity contribution >= 4 is 5.97 Å². The zero-order chi connectivity index (χ0) is 17.1. The number of carbonyl (C=O) groups is 1. The van der Waals surface area contributed by atoms with E-state index in [2.05, 4.69) is 12.2 Å². The van der Waals surface area contributed by atoms with Gasteiger partial charge >= 0.3 is 5.97 Å². The molecule has 4 heteroatoms. The molecule has 0 bridgehead atoms. The quantitative estimate of drug-likeness (QED) is 0.803. The Balaban J connectivity index is 1.73. The minimum atomic E-state index is -0.717. The SMILES string of the molecule is CCC1CCC2NC(N(C)CC(=O)O)CC(C3CCCCC3)C2C1. The molecule has 4 nitrogen and oxygen atoms in total. The number of nitrogens with one attached hydrogen (secondary N) is 1. The van der Waals surface area contributed by atoms with E-state index >= 15 is 0 Å². The number of rotatable bonds is 5. The molecule has 2 N–H and O–H groups in total. The van der Waals surface area contributed by atoms with Gasteiger partial charge in [0.1, 0.15) is 0 Å². The fraction of sp³-hybridized carbons (Fsp3) is 0.950. The molecular weight excluding hydrogens is 300 g/mol. The second-order valence-electron chi connectivity index (χ2n) is 8.65. The fourth-order valence-corrected chi connectivity index (χ4v) is 5.83. The lowest BCUT2D eigenvalue weighted by molar-refractivity contribution is -0.139. The minimum Gasteiger partial charge on any atom is -0.480 e. The zero-order valence-corrected chi connectivity index (χ0v) is 15.5. The first-order chi connectivity index (χ1) is 11.6. The van der Waals surface area contributed by atoms with Crippen LogP contribution in [0, 0.1) is 23.7 Å². The maximum Gasteiger partial charge on any atom is 0.317 e. The van der Waals surface area contributed by atoms with Crippen LogP contribution in [0.5, 0.6) is 0 Å². The molecule has 0 aromatic carbocycles. The molecule has 0 aromatic heterocycles. The highest BCUT2D eigenvalue weighted by molar-refractivity contribution is 5.69. The number of hydrogen-bond acceptors (Lipinski definition) is 3. The molecule has 138 valence electrons. The molecule has 3 fully saturated rings. The first kappa shape index (κ1) is 18.2. The normalized spacial score (nSPS) is 38.0. The lowest BCUT2D eigenvalue weighted by Gasteiger charge is -2.52. The van der Waals surface area contributed by atoms with Gasteiger partial charge in [-0.25, -0.2) is 0 Å². The summed E-state index contributed by atoms with van der Waals surface area (Å²) in [7, 11) is 1.97. The third kappa shape index (κ3) is 4.13. The fourth-order valence-electron chi connectivity index (χ4n) is 5.83. The van der Waals surface area contributed by atoms with Gasteiger partial charge in [-0.1, -0.05) is 45.4 Å². The number of hydrogen-bond donors (Lipinski definition) is 2. The third-order valence-electron chi connectivity index (χ3n) is 7.21. The molecule has 3 aliphatic rings. The Morgan fingerprint density at radius 2 is 1.83 bits per heavy atom. The Labute approximate surface area is 147 Å². The molecule has 5 atom stereocenters. The number of piperidine rings is 1. The van der Waals surface area contributed by atoms with Crippen molar-refractivity contribution in [2.45, 2.75) is 83.3 Å². The van der Waals surface area contributed by atoms with E-state index in [1.54, 1.807) is 0 Å². The molecule has 3 rings (SSSR count). The molecule has 0 amide bonds. The number of likely N-dealkylation sites (N-methyl/N-ethyl adjacent to an activating group) is 1. The van der Waals surface area contributed by atoms with Gasteiger partial charge in [-0.3, -0.25) is 15.0 Å². The van der Waals surface area contributed by atoms with Crippen molar-refractivity contribution in [3.63, 3.8) is 0 Å². The van der Waals surface area contributed by atoms with Crippen LogP contribution >= 0.6 is 0 Å². The van der Waals surface area contributed by atoms with Crippen LogP contribution in [0.1, 0.15) is 71.1 Å². The van der Waals surface area contributed by atoms with Gasteiger partial charge in [-0.15, -0.1) is 0 Å². The summed E-state index contributed by atoms with van der Waals surface area (Å²) in [6.07, 6.45) is 13.8. The van der Waals surface area contributed by atoms with Crippen molar-refractivity contribution in [1.82, 2.24) is 10.2 Å². The molecule has 2 aliphatic carbocycles. The van der Waals surface area contributed by atoms with Crippen molar-refractivity contribution in [3.05, 3.63) is 0 Å². The molecule has 24 heavy (non-hydrogen) atoms. The molecule has 1 saturated heterocycles. The van der Waals surface area contributed by atoms with Gasteiger partial charge in [-0.2, -0.15) is 0 Å². The summed E-state index contributed by atoms with van der Waals surface area (Å²) >= 11 is 0. The van der Waals surface area contributed by atoms with Crippen molar-refractivity contribution in [2.75, 3.05) is 13.6 Å². The van der Waals surface area contributed by atoms with Gasteiger partial charge in [0, 0.05) is 6.04 Å². The van der Waals surface area contributed by atoms with Crippen molar-refractivity contribution in [1.29, 1.82) is 0 Å². The van der Waals surface area contributed by atoms with Crippen LogP contribution in [-0.4, -0.2) is 41.8 Å². The standard InChI is InChI=1S/C20H36N2O2/c1-3-14-9-10-18-17(11-14)16(15-7-5-4-6-8-15)12-19(21-18)22(2)13-20(23)24/h14-19,21H,3-13H2,1-2H3,(H,23,24). The van der Waals surface area contributed by atoms with Gasteiger partial charge in [0.2, 0.25) is 0 Å². The van der Waals surface area contributed by atoms with E-state index in [0.29, 0.717) is 6.04 Å². The number of aliphatic carboxylic acids is 1. The predicted octanol–water partition coefficient (Wildman–Crippen LogP) is 3.71. The van der Waals surface area contributed by atoms with Gasteiger partial charge in [-0.05, 0) is 56.4 Å². The molecular formula is C20H36N2O2. The van der Waals surface area contributed by atoms with Crippen molar-refractivity contribution in [3.8, 4) is 0 Å². The maximum absolute atomic E-state index is 11.1. The Morgan fingerprint density at radius 1 is 1.08 bits per heavy atom. The Hall–Kier alpha value is -0.610. The Bertz CT molecular complexity index is 422. The van der Waals surface area contributed by atoms with Crippen LogP contribution in [0.25, 0.3) is 0 Å². The van der Waals surface area contributed by atoms with E-state index in [1.165, 1.54) is 57.8 Å². The lowest BCUT2D eigenvalue weighted by Crippen LogP contribution is -2.60. The molecule has 0 radical (unpaired) electrons. The predicted molar refractivity (Wildman–Crippen MR) is 96.8 cm³/mol. The van der Waals surface area contributed by atoms with Crippen LogP contribution in [0.4, 0.5) is 0 Å². The minimum absolute atomic E-state index is 0.143. The molecule has 2 saturated carbocycles. The first-order valence-electron chi connectivity index (χ1n) is 10.3. The molecule has 1 aliphatic heterocycles. The molecule has 0 aromatic rings. The van der Waals surface area contributed by atoms with Crippen LogP contribution in [-0.2, 0) is 4.79 Å². The van der Waals surface area contributed by atoms with E-state index in [0.717, 1.165) is 30.1 Å². The smallest absolute Gasteiger partial charge is 0.317 e. The topological polar surface area (TPSA) is 52.6 Å². The van der Waals surface area contributed by atoms with E-state index in [1.807, 2.05) is 11.9 Å². The lowest BCUT2D eigenvalue weighted by atomic mass is 9.62. The van der Waals surface area contributed by atoms with Gasteiger partial charge in [0.15, 0.2) is 0 Å². The summed E-state index contributed by atoms with van der Waals surface area (Å²) in [6, 6.07) is 0.606. The van der Waals surface area contributed by atoms with E-state index < -0.39 is 5.97 Å². The summed E-state index contributed by atoms with van der Waals surface area (Å²) in [4.78, 5) is 13.2. The highest BCUT2D eigenvalue weighted by Gasteiger charge is 2.44. The highest BCUT2D eigenvalue weighted by Crippen LogP contribution is 2.46. The number of carboxylic acids is 1. The van der Waals surface area contributed by atoms with Crippen molar-refractivity contribution < 1.29 is 9.90 Å². The monoisotopic (exact) mass is 336 g/mol. The van der Waals surface area contributed by atoms with Crippen LogP contribution < -0.4 is 5.32 Å². The molecule has 1 heterocycles. The second kappa shape index (κ2) is 8.18. The Morgan fingerprint density at radius 3 is 2.50 bits per heavy atom. The average molecular weight is 337 g/mol. The van der Waals surface area contributed by atoms with Gasteiger partial charge < -0.3 is 5.11 Å². The van der Waals surface area contributed by atoms with E-state index in [4.69, 9.17) is 5.11 Å². The maximum atomic E-state index is 11.1. The summed E-state index contributed by atoms with van der Waals surface area (Å²) in [6.45, 7) is 2.49. The average Bonchev–Trinajstić information content (AvgIpc) is 2.60. The molecule has 0 spiro atoms. The van der Waals surface area contributed by atoms with Crippen LogP contribution in [0.15, 0.2) is 0 Å². The zero-order valence-electron chi connectivity index (χ0n) is 15.5. The highest BCUT2D eigenvalue weighted by atomic mass is 16.4. The van der Waals surface area contributed by atoms with Gasteiger partial charge in [0.25, 0.3) is 0 Å². The summed E-state index contributed by atoms with van der Waals surface area (Å²) in [5.74, 6) is 2.69. The van der Waals surface area contributed by atoms with Crippen LogP contribution in [0.3, 0.4) is 0 Å². The summed E-state index contributed by atoms with van der Waals surface area (Å²) in [5.41, 5.74) is 0. The summed E-state index contributed by atoms with van der Waals surface area (Å²) in [5, 5.41) is 13.0. The third-order valence-corrected chi connectivity index (χ3v) is 7.21. The Kier molecular flexibility index (Phi) is 6.20. The van der Waals surface area contributed by atoms with Gasteiger partial charge in [0.05, 0.1) is 12.7 Å². The first-order valence-corrected chi connectivity index (χ1v) is 10.3. The number of carboxylic acid groups (broad SMARTS) is 1. The molecule has 5 unspecified atom stereocenters. The van der Waals surface area contributed by atoms with E-state index in [9.17, 15) is 4.79 Å².